The summed E-state index contributed by atoms with van der Waals surface area (Å²) in [6, 6.07) is 0. The van der Waals surface area contributed by atoms with Crippen LogP contribution >= 0.6 is 0 Å². The Morgan fingerprint density at radius 2 is 2.14 bits per heavy atom. The average Bonchev–Trinajstić information content (AvgIpc) is 2.46. The molecule has 0 aromatic carbocycles. The first-order valence-corrected chi connectivity index (χ1v) is 5.15. The predicted molar refractivity (Wildman–Crippen MR) is 57.0 cm³/mol. The molecule has 3 heteroatoms. The predicted octanol–water partition coefficient (Wildman–Crippen LogP) is 2.15. The fourth-order valence-corrected chi connectivity index (χ4v) is 1.28. The van der Waals surface area contributed by atoms with Gasteiger partial charge in [0.05, 0.1) is 6.20 Å². The van der Waals surface area contributed by atoms with Gasteiger partial charge in [-0.05, 0) is 18.4 Å². The number of nitrogens with zero attached hydrogens (tertiary/aromatic N) is 1. The smallest absolute Gasteiger partial charge is 0.194 e. The van der Waals surface area contributed by atoms with Crippen molar-refractivity contribution < 1.29 is 4.42 Å². The second-order valence-electron chi connectivity index (χ2n) is 4.85. The van der Waals surface area contributed by atoms with Gasteiger partial charge in [-0.1, -0.05) is 20.8 Å². The van der Waals surface area contributed by atoms with E-state index in [9.17, 15) is 0 Å². The standard InChI is InChI=1S/C11H20N2O/c1-11(2,3)7-10-13-8-9(14-10)5-4-6-12/h8H,4-7,12H2,1-3H3. The van der Waals surface area contributed by atoms with E-state index in [0.717, 1.165) is 30.9 Å². The second-order valence-corrected chi connectivity index (χ2v) is 4.85. The molecule has 0 bridgehead atoms. The number of aromatic nitrogens is 1. The minimum atomic E-state index is 0.232. The molecular formula is C11H20N2O. The van der Waals surface area contributed by atoms with Crippen molar-refractivity contribution in [1.82, 2.24) is 4.98 Å². The summed E-state index contributed by atoms with van der Waals surface area (Å²) in [7, 11) is 0. The van der Waals surface area contributed by atoms with Crippen LogP contribution in [0.2, 0.25) is 0 Å². The number of aryl methyl sites for hydroxylation is 1. The van der Waals surface area contributed by atoms with Gasteiger partial charge in [0.25, 0.3) is 0 Å². The Hall–Kier alpha value is -0.830. The molecule has 1 heterocycles. The maximum Gasteiger partial charge on any atom is 0.194 e. The zero-order chi connectivity index (χ0) is 10.6. The van der Waals surface area contributed by atoms with E-state index in [1.807, 2.05) is 6.20 Å². The molecule has 0 saturated carbocycles. The molecule has 0 aliphatic carbocycles. The zero-order valence-electron chi connectivity index (χ0n) is 9.34. The number of hydrogen-bond donors (Lipinski definition) is 1. The quantitative estimate of drug-likeness (QED) is 0.802. The van der Waals surface area contributed by atoms with Crippen molar-refractivity contribution in [1.29, 1.82) is 0 Å². The van der Waals surface area contributed by atoms with E-state index in [1.54, 1.807) is 0 Å². The summed E-state index contributed by atoms with van der Waals surface area (Å²) >= 11 is 0. The van der Waals surface area contributed by atoms with E-state index in [-0.39, 0.29) is 5.41 Å². The summed E-state index contributed by atoms with van der Waals surface area (Å²) in [5.74, 6) is 1.79. The maximum absolute atomic E-state index is 5.60. The lowest BCUT2D eigenvalue weighted by Crippen LogP contribution is -2.09. The molecule has 1 aromatic rings. The highest BCUT2D eigenvalue weighted by atomic mass is 16.4. The maximum atomic E-state index is 5.60. The van der Waals surface area contributed by atoms with Crippen molar-refractivity contribution in [2.24, 2.45) is 11.1 Å². The Kier molecular flexibility index (Phi) is 3.69. The molecule has 0 saturated heterocycles. The fraction of sp³-hybridized carbons (Fsp3) is 0.727. The van der Waals surface area contributed by atoms with Crippen molar-refractivity contribution in [2.75, 3.05) is 6.54 Å². The topological polar surface area (TPSA) is 52.0 Å². The van der Waals surface area contributed by atoms with E-state index in [1.165, 1.54) is 0 Å². The van der Waals surface area contributed by atoms with Crippen molar-refractivity contribution in [3.05, 3.63) is 17.8 Å². The van der Waals surface area contributed by atoms with Gasteiger partial charge >= 0.3 is 0 Å². The molecule has 3 nitrogen and oxygen atoms in total. The van der Waals surface area contributed by atoms with Crippen molar-refractivity contribution in [3.63, 3.8) is 0 Å². The average molecular weight is 196 g/mol. The summed E-state index contributed by atoms with van der Waals surface area (Å²) in [6.45, 7) is 7.24. The highest BCUT2D eigenvalue weighted by Gasteiger charge is 2.15. The normalized spacial score (nSPS) is 12.0. The molecular weight excluding hydrogens is 176 g/mol. The molecule has 0 atom stereocenters. The number of nitrogens with two attached hydrogens (primary N) is 1. The third-order valence-corrected chi connectivity index (χ3v) is 1.91. The van der Waals surface area contributed by atoms with Gasteiger partial charge in [-0.3, -0.25) is 0 Å². The minimum absolute atomic E-state index is 0.232. The van der Waals surface area contributed by atoms with E-state index < -0.39 is 0 Å². The number of oxazole rings is 1. The monoisotopic (exact) mass is 196 g/mol. The lowest BCUT2D eigenvalue weighted by Gasteiger charge is -2.14. The molecule has 80 valence electrons. The van der Waals surface area contributed by atoms with E-state index in [2.05, 4.69) is 25.8 Å². The highest BCUT2D eigenvalue weighted by molar-refractivity contribution is 4.96. The van der Waals surface area contributed by atoms with Crippen LogP contribution in [0.25, 0.3) is 0 Å². The number of hydrogen-bond acceptors (Lipinski definition) is 3. The van der Waals surface area contributed by atoms with Crippen LogP contribution in [-0.2, 0) is 12.8 Å². The third-order valence-electron chi connectivity index (χ3n) is 1.91. The summed E-state index contributed by atoms with van der Waals surface area (Å²) in [5, 5.41) is 0. The Morgan fingerprint density at radius 3 is 2.71 bits per heavy atom. The first kappa shape index (κ1) is 11.2. The van der Waals surface area contributed by atoms with E-state index in [0.29, 0.717) is 6.54 Å². The van der Waals surface area contributed by atoms with Gasteiger partial charge in [0.15, 0.2) is 5.89 Å². The molecule has 0 radical (unpaired) electrons. The fourth-order valence-electron chi connectivity index (χ4n) is 1.28. The van der Waals surface area contributed by atoms with Crippen molar-refractivity contribution in [3.8, 4) is 0 Å². The zero-order valence-corrected chi connectivity index (χ0v) is 9.34. The van der Waals surface area contributed by atoms with Gasteiger partial charge in [0, 0.05) is 12.8 Å². The molecule has 0 aliphatic heterocycles. The van der Waals surface area contributed by atoms with Gasteiger partial charge in [0.1, 0.15) is 5.76 Å². The summed E-state index contributed by atoms with van der Waals surface area (Å²) in [4.78, 5) is 4.25. The van der Waals surface area contributed by atoms with Crippen molar-refractivity contribution >= 4 is 0 Å². The van der Waals surface area contributed by atoms with Crippen LogP contribution in [0.1, 0.15) is 38.8 Å². The number of rotatable bonds is 4. The molecule has 0 aliphatic rings. The largest absolute Gasteiger partial charge is 0.446 e. The van der Waals surface area contributed by atoms with E-state index in [4.69, 9.17) is 10.2 Å². The molecule has 0 unspecified atom stereocenters. The lowest BCUT2D eigenvalue weighted by molar-refractivity contribution is 0.345. The van der Waals surface area contributed by atoms with Crippen LogP contribution < -0.4 is 5.73 Å². The van der Waals surface area contributed by atoms with Crippen LogP contribution in [0, 0.1) is 5.41 Å². The Balaban J connectivity index is 2.51. The van der Waals surface area contributed by atoms with Crippen LogP contribution in [0.15, 0.2) is 10.6 Å². The molecule has 1 aromatic heterocycles. The van der Waals surface area contributed by atoms with Gasteiger partial charge in [-0.2, -0.15) is 0 Å². The summed E-state index contributed by atoms with van der Waals surface area (Å²) in [5.41, 5.74) is 5.65. The van der Waals surface area contributed by atoms with Crippen LogP contribution in [-0.4, -0.2) is 11.5 Å². The van der Waals surface area contributed by atoms with Gasteiger partial charge in [0.2, 0.25) is 0 Å². The van der Waals surface area contributed by atoms with Gasteiger partial charge in [-0.25, -0.2) is 4.98 Å². The van der Waals surface area contributed by atoms with Crippen LogP contribution in [0.4, 0.5) is 0 Å². The summed E-state index contributed by atoms with van der Waals surface area (Å²) in [6.07, 6.45) is 4.56. The Labute approximate surface area is 85.7 Å². The minimum Gasteiger partial charge on any atom is -0.446 e. The summed E-state index contributed by atoms with van der Waals surface area (Å²) < 4.78 is 5.60. The first-order valence-electron chi connectivity index (χ1n) is 5.15. The first-order chi connectivity index (χ1) is 6.51. The van der Waals surface area contributed by atoms with E-state index >= 15 is 0 Å². The van der Waals surface area contributed by atoms with Crippen molar-refractivity contribution in [2.45, 2.75) is 40.0 Å². The highest BCUT2D eigenvalue weighted by Crippen LogP contribution is 2.20. The molecule has 0 amide bonds. The molecule has 14 heavy (non-hydrogen) atoms. The Bertz CT molecular complexity index is 273. The SMILES string of the molecule is CC(C)(C)Cc1ncc(CCCN)o1. The molecule has 0 spiro atoms. The van der Waals surface area contributed by atoms with Gasteiger partial charge < -0.3 is 10.2 Å². The van der Waals surface area contributed by atoms with Crippen LogP contribution in [0.5, 0.6) is 0 Å². The second kappa shape index (κ2) is 4.60. The molecule has 0 fully saturated rings. The Morgan fingerprint density at radius 1 is 1.43 bits per heavy atom. The molecule has 1 rings (SSSR count). The third kappa shape index (κ3) is 3.92. The lowest BCUT2D eigenvalue weighted by atomic mass is 9.92. The molecule has 2 N–H and O–H groups in total. The van der Waals surface area contributed by atoms with Crippen LogP contribution in [0.3, 0.4) is 0 Å². The van der Waals surface area contributed by atoms with Gasteiger partial charge in [-0.15, -0.1) is 0 Å².